The molecular formula is C16H23BrN2O. The summed E-state index contributed by atoms with van der Waals surface area (Å²) in [4.78, 5) is 14.4. The van der Waals surface area contributed by atoms with Crippen LogP contribution in [0.3, 0.4) is 0 Å². The topological polar surface area (TPSA) is 32.3 Å². The summed E-state index contributed by atoms with van der Waals surface area (Å²) < 4.78 is 1.08. The Morgan fingerprint density at radius 1 is 1.40 bits per heavy atom. The molecule has 20 heavy (non-hydrogen) atoms. The van der Waals surface area contributed by atoms with Crippen molar-refractivity contribution in [3.63, 3.8) is 0 Å². The van der Waals surface area contributed by atoms with E-state index in [-0.39, 0.29) is 5.91 Å². The van der Waals surface area contributed by atoms with Gasteiger partial charge in [0.25, 0.3) is 0 Å². The molecular weight excluding hydrogens is 316 g/mol. The smallest absolute Gasteiger partial charge is 0.220 e. The summed E-state index contributed by atoms with van der Waals surface area (Å²) in [6.45, 7) is 3.29. The summed E-state index contributed by atoms with van der Waals surface area (Å²) in [5, 5.41) is 3.18. The van der Waals surface area contributed by atoms with Gasteiger partial charge in [-0.25, -0.2) is 0 Å². The van der Waals surface area contributed by atoms with Crippen molar-refractivity contribution in [3.05, 3.63) is 34.3 Å². The van der Waals surface area contributed by atoms with Crippen LogP contribution in [0.5, 0.6) is 0 Å². The predicted molar refractivity (Wildman–Crippen MR) is 85.7 cm³/mol. The number of halogens is 1. The van der Waals surface area contributed by atoms with Gasteiger partial charge in [0.05, 0.1) is 0 Å². The summed E-state index contributed by atoms with van der Waals surface area (Å²) >= 11 is 3.42. The highest BCUT2D eigenvalue weighted by atomic mass is 79.9. The number of nitrogens with one attached hydrogen (secondary N) is 1. The zero-order chi connectivity index (χ0) is 14.5. The van der Waals surface area contributed by atoms with Gasteiger partial charge in [-0.1, -0.05) is 28.1 Å². The van der Waals surface area contributed by atoms with E-state index in [9.17, 15) is 4.79 Å². The molecule has 0 saturated carbocycles. The summed E-state index contributed by atoms with van der Waals surface area (Å²) in [7, 11) is 2.15. The van der Waals surface area contributed by atoms with Gasteiger partial charge in [-0.15, -0.1) is 0 Å². The van der Waals surface area contributed by atoms with Crippen LogP contribution in [-0.4, -0.2) is 36.5 Å². The van der Waals surface area contributed by atoms with Crippen molar-refractivity contribution < 1.29 is 4.79 Å². The second-order valence-electron chi connectivity index (χ2n) is 5.74. The number of carbonyl (C=O) groups is 1. The lowest BCUT2D eigenvalue weighted by atomic mass is 9.98. The molecule has 4 heteroatoms. The fourth-order valence-electron chi connectivity index (χ4n) is 2.63. The Kier molecular flexibility index (Phi) is 5.61. The normalized spacial score (nSPS) is 23.6. The highest BCUT2D eigenvalue weighted by Crippen LogP contribution is 2.16. The van der Waals surface area contributed by atoms with Crippen LogP contribution < -0.4 is 5.32 Å². The first-order chi connectivity index (χ1) is 9.54. The fourth-order valence-corrected chi connectivity index (χ4v) is 2.89. The van der Waals surface area contributed by atoms with Crippen LogP contribution in [0.2, 0.25) is 0 Å². The second-order valence-corrected chi connectivity index (χ2v) is 6.66. The van der Waals surface area contributed by atoms with Gasteiger partial charge in [-0.3, -0.25) is 4.79 Å². The lowest BCUT2D eigenvalue weighted by Crippen LogP contribution is -2.47. The molecule has 3 nitrogen and oxygen atoms in total. The number of benzene rings is 1. The molecule has 1 fully saturated rings. The number of rotatable bonds is 4. The lowest BCUT2D eigenvalue weighted by molar-refractivity contribution is -0.122. The Hall–Kier alpha value is -0.870. The summed E-state index contributed by atoms with van der Waals surface area (Å²) in [6, 6.07) is 9.07. The van der Waals surface area contributed by atoms with Crippen LogP contribution in [-0.2, 0) is 11.2 Å². The largest absolute Gasteiger partial charge is 0.353 e. The maximum absolute atomic E-state index is 12.0. The van der Waals surface area contributed by atoms with Gasteiger partial charge >= 0.3 is 0 Å². The van der Waals surface area contributed by atoms with E-state index in [4.69, 9.17) is 0 Å². The molecule has 1 amide bonds. The average molecular weight is 339 g/mol. The van der Waals surface area contributed by atoms with Crippen molar-refractivity contribution in [2.45, 2.75) is 44.7 Å². The first-order valence-electron chi connectivity index (χ1n) is 7.28. The van der Waals surface area contributed by atoms with E-state index >= 15 is 0 Å². The van der Waals surface area contributed by atoms with E-state index in [1.54, 1.807) is 0 Å². The molecule has 1 aromatic rings. The van der Waals surface area contributed by atoms with E-state index in [2.05, 4.69) is 52.3 Å². The van der Waals surface area contributed by atoms with Crippen molar-refractivity contribution in [2.75, 3.05) is 13.6 Å². The Labute approximate surface area is 129 Å². The molecule has 1 saturated heterocycles. The van der Waals surface area contributed by atoms with Gasteiger partial charge in [0.2, 0.25) is 5.91 Å². The Bertz CT molecular complexity index is 446. The molecule has 1 aliphatic heterocycles. The van der Waals surface area contributed by atoms with Crippen LogP contribution in [0.15, 0.2) is 28.7 Å². The fraction of sp³-hybridized carbons (Fsp3) is 0.562. The number of carbonyl (C=O) groups excluding carboxylic acids is 1. The summed E-state index contributed by atoms with van der Waals surface area (Å²) in [6.07, 6.45) is 3.50. The van der Waals surface area contributed by atoms with Crippen molar-refractivity contribution in [2.24, 2.45) is 0 Å². The molecule has 1 heterocycles. The van der Waals surface area contributed by atoms with Gasteiger partial charge in [0.1, 0.15) is 0 Å². The number of amides is 1. The molecule has 0 aromatic heterocycles. The van der Waals surface area contributed by atoms with Crippen molar-refractivity contribution in [1.82, 2.24) is 10.2 Å². The van der Waals surface area contributed by atoms with Gasteiger partial charge in [0, 0.05) is 29.5 Å². The number of piperidine rings is 1. The average Bonchev–Trinajstić information content (AvgIpc) is 2.42. The first-order valence-corrected chi connectivity index (χ1v) is 8.08. The van der Waals surface area contributed by atoms with E-state index < -0.39 is 0 Å². The van der Waals surface area contributed by atoms with E-state index in [1.165, 1.54) is 5.56 Å². The van der Waals surface area contributed by atoms with Gasteiger partial charge in [-0.05, 0) is 50.9 Å². The van der Waals surface area contributed by atoms with Gasteiger partial charge in [-0.2, -0.15) is 0 Å². The van der Waals surface area contributed by atoms with Crippen molar-refractivity contribution in [3.8, 4) is 0 Å². The predicted octanol–water partition coefficient (Wildman–Crippen LogP) is 2.98. The Balaban J connectivity index is 1.74. The van der Waals surface area contributed by atoms with Crippen LogP contribution in [0, 0.1) is 0 Å². The van der Waals surface area contributed by atoms with Crippen LogP contribution in [0.4, 0.5) is 0 Å². The third-order valence-electron chi connectivity index (χ3n) is 4.13. The number of aryl methyl sites for hydroxylation is 1. The summed E-state index contributed by atoms with van der Waals surface area (Å²) in [5.41, 5.74) is 1.21. The molecule has 1 aliphatic rings. The van der Waals surface area contributed by atoms with E-state index in [0.29, 0.717) is 18.5 Å². The molecule has 0 bridgehead atoms. The maximum atomic E-state index is 12.0. The Morgan fingerprint density at radius 2 is 2.10 bits per heavy atom. The zero-order valence-corrected chi connectivity index (χ0v) is 13.8. The zero-order valence-electron chi connectivity index (χ0n) is 12.2. The highest BCUT2D eigenvalue weighted by Gasteiger charge is 2.23. The lowest BCUT2D eigenvalue weighted by Gasteiger charge is -2.35. The van der Waals surface area contributed by atoms with Crippen LogP contribution >= 0.6 is 15.9 Å². The maximum Gasteiger partial charge on any atom is 0.220 e. The SMILES string of the molecule is C[C@@H]1C[C@@H](NC(=O)CCc2ccc(Br)cc2)CCN1C. The molecule has 2 atom stereocenters. The first kappa shape index (κ1) is 15.5. The number of hydrogen-bond donors (Lipinski definition) is 1. The molecule has 0 aliphatic carbocycles. The number of likely N-dealkylation sites (tertiary alicyclic amines) is 1. The molecule has 0 spiro atoms. The molecule has 1 aromatic carbocycles. The van der Waals surface area contributed by atoms with Crippen LogP contribution in [0.1, 0.15) is 31.7 Å². The molecule has 0 unspecified atom stereocenters. The number of hydrogen-bond acceptors (Lipinski definition) is 2. The molecule has 2 rings (SSSR count). The van der Waals surface area contributed by atoms with Gasteiger partial charge in [0.15, 0.2) is 0 Å². The minimum atomic E-state index is 0.176. The number of nitrogens with zero attached hydrogens (tertiary/aromatic N) is 1. The molecule has 110 valence electrons. The highest BCUT2D eigenvalue weighted by molar-refractivity contribution is 9.10. The second kappa shape index (κ2) is 7.23. The minimum absolute atomic E-state index is 0.176. The minimum Gasteiger partial charge on any atom is -0.353 e. The quantitative estimate of drug-likeness (QED) is 0.915. The van der Waals surface area contributed by atoms with Crippen LogP contribution in [0.25, 0.3) is 0 Å². The van der Waals surface area contributed by atoms with E-state index in [0.717, 1.165) is 30.3 Å². The third-order valence-corrected chi connectivity index (χ3v) is 4.66. The third kappa shape index (κ3) is 4.60. The van der Waals surface area contributed by atoms with Crippen molar-refractivity contribution in [1.29, 1.82) is 0 Å². The monoisotopic (exact) mass is 338 g/mol. The van der Waals surface area contributed by atoms with E-state index in [1.807, 2.05) is 12.1 Å². The molecule has 0 radical (unpaired) electrons. The standard InChI is InChI=1S/C16H23BrN2O/c1-12-11-15(9-10-19(12)2)18-16(20)8-5-13-3-6-14(17)7-4-13/h3-4,6-7,12,15H,5,8-11H2,1-2H3,(H,18,20)/t12-,15+/m1/s1. The summed E-state index contributed by atoms with van der Waals surface area (Å²) in [5.74, 6) is 0.176. The Morgan fingerprint density at radius 3 is 2.75 bits per heavy atom. The van der Waals surface area contributed by atoms with Gasteiger partial charge < -0.3 is 10.2 Å². The van der Waals surface area contributed by atoms with Crippen molar-refractivity contribution >= 4 is 21.8 Å². The molecule has 1 N–H and O–H groups in total.